The zero-order valence-electron chi connectivity index (χ0n) is 11.9. The zero-order chi connectivity index (χ0) is 13.4. The van der Waals surface area contributed by atoms with Crippen LogP contribution in [0.3, 0.4) is 0 Å². The molecule has 0 aliphatic heterocycles. The van der Waals surface area contributed by atoms with Crippen molar-refractivity contribution in [2.24, 2.45) is 11.7 Å². The topological polar surface area (TPSA) is 55.6 Å². The fourth-order valence-electron chi connectivity index (χ4n) is 2.86. The monoisotopic (exact) mass is 256 g/mol. The fourth-order valence-corrected chi connectivity index (χ4v) is 2.86. The minimum absolute atomic E-state index is 0.122. The van der Waals surface area contributed by atoms with E-state index < -0.39 is 0 Å². The number of carbonyl (C=O) groups is 1. The first kappa shape index (κ1) is 15.4. The molecule has 0 aromatic heterocycles. The van der Waals surface area contributed by atoms with Crippen LogP contribution in [0.5, 0.6) is 0 Å². The summed E-state index contributed by atoms with van der Waals surface area (Å²) in [4.78, 5) is 14.1. The highest BCUT2D eigenvalue weighted by Crippen LogP contribution is 2.27. The minimum Gasteiger partial charge on any atom is -0.372 e. The number of hydrogen-bond acceptors (Lipinski definition) is 3. The molecule has 2 unspecified atom stereocenters. The van der Waals surface area contributed by atoms with Gasteiger partial charge in [0.1, 0.15) is 6.61 Å². The number of ether oxygens (including phenoxy) is 1. The molecule has 0 radical (unpaired) electrons. The number of likely N-dealkylation sites (N-methyl/N-ethyl adjacent to an activating group) is 1. The van der Waals surface area contributed by atoms with Gasteiger partial charge in [0.15, 0.2) is 0 Å². The first-order valence-corrected chi connectivity index (χ1v) is 7.31. The van der Waals surface area contributed by atoms with Gasteiger partial charge in [-0.3, -0.25) is 4.79 Å². The van der Waals surface area contributed by atoms with Crippen molar-refractivity contribution in [3.05, 3.63) is 0 Å². The van der Waals surface area contributed by atoms with Crippen molar-refractivity contribution < 1.29 is 9.53 Å². The van der Waals surface area contributed by atoms with Gasteiger partial charge in [0, 0.05) is 19.2 Å². The van der Waals surface area contributed by atoms with Crippen LogP contribution in [0.1, 0.15) is 46.0 Å². The second-order valence-corrected chi connectivity index (χ2v) is 5.08. The van der Waals surface area contributed by atoms with Crippen molar-refractivity contribution in [1.29, 1.82) is 0 Å². The lowest BCUT2D eigenvalue weighted by molar-refractivity contribution is -0.140. The number of rotatable bonds is 7. The Kier molecular flexibility index (Phi) is 7.28. The van der Waals surface area contributed by atoms with Crippen LogP contribution < -0.4 is 5.73 Å². The van der Waals surface area contributed by atoms with Crippen LogP contribution in [0.25, 0.3) is 0 Å². The van der Waals surface area contributed by atoms with Gasteiger partial charge in [-0.2, -0.15) is 0 Å². The van der Waals surface area contributed by atoms with Gasteiger partial charge in [0.2, 0.25) is 5.91 Å². The molecule has 0 bridgehead atoms. The lowest BCUT2D eigenvalue weighted by Crippen LogP contribution is -2.49. The molecule has 0 saturated heterocycles. The predicted molar refractivity (Wildman–Crippen MR) is 73.3 cm³/mol. The van der Waals surface area contributed by atoms with Crippen LogP contribution in [0.4, 0.5) is 0 Å². The van der Waals surface area contributed by atoms with Gasteiger partial charge in [-0.15, -0.1) is 0 Å². The third kappa shape index (κ3) is 4.25. The zero-order valence-corrected chi connectivity index (χ0v) is 11.9. The van der Waals surface area contributed by atoms with Crippen molar-refractivity contribution in [2.45, 2.75) is 52.0 Å². The third-order valence-electron chi connectivity index (χ3n) is 3.81. The lowest BCUT2D eigenvalue weighted by Gasteiger charge is -2.39. The van der Waals surface area contributed by atoms with Crippen molar-refractivity contribution >= 4 is 5.91 Å². The Bertz CT molecular complexity index is 246. The van der Waals surface area contributed by atoms with Crippen LogP contribution >= 0.6 is 0 Å². The van der Waals surface area contributed by atoms with Gasteiger partial charge < -0.3 is 15.4 Å². The van der Waals surface area contributed by atoms with E-state index in [-0.39, 0.29) is 12.5 Å². The molecule has 1 amide bonds. The summed E-state index contributed by atoms with van der Waals surface area (Å²) in [6.07, 6.45) is 5.65. The number of nitrogens with two attached hydrogens (primary N) is 1. The summed E-state index contributed by atoms with van der Waals surface area (Å²) >= 11 is 0. The molecule has 1 fully saturated rings. The Morgan fingerprint density at radius 2 is 2.06 bits per heavy atom. The van der Waals surface area contributed by atoms with Crippen LogP contribution in [0.15, 0.2) is 0 Å². The Hall–Kier alpha value is -0.610. The third-order valence-corrected chi connectivity index (χ3v) is 3.81. The van der Waals surface area contributed by atoms with Gasteiger partial charge >= 0.3 is 0 Å². The molecule has 0 aromatic carbocycles. The normalized spacial score (nSPS) is 23.9. The average molecular weight is 256 g/mol. The number of amides is 1. The maximum Gasteiger partial charge on any atom is 0.248 e. The molecule has 0 heterocycles. The number of nitrogens with zero attached hydrogens (tertiary/aromatic N) is 1. The molecule has 1 aliphatic carbocycles. The van der Waals surface area contributed by atoms with E-state index in [1.165, 1.54) is 12.8 Å². The van der Waals surface area contributed by atoms with E-state index >= 15 is 0 Å². The van der Waals surface area contributed by atoms with Crippen LogP contribution in [0.2, 0.25) is 0 Å². The second kappa shape index (κ2) is 8.48. The summed E-state index contributed by atoms with van der Waals surface area (Å²) in [7, 11) is 0. The molecule has 4 nitrogen and oxygen atoms in total. The summed E-state index contributed by atoms with van der Waals surface area (Å²) in [6, 6.07) is 0.325. The first-order chi connectivity index (χ1) is 8.74. The smallest absolute Gasteiger partial charge is 0.248 e. The molecule has 1 aliphatic rings. The summed E-state index contributed by atoms with van der Waals surface area (Å²) < 4.78 is 5.36. The van der Waals surface area contributed by atoms with Gasteiger partial charge in [-0.25, -0.2) is 0 Å². The molecule has 1 saturated carbocycles. The molecule has 2 N–H and O–H groups in total. The summed E-state index contributed by atoms with van der Waals surface area (Å²) in [5.41, 5.74) is 5.84. The van der Waals surface area contributed by atoms with E-state index in [1.807, 2.05) is 18.7 Å². The Morgan fingerprint density at radius 1 is 1.33 bits per heavy atom. The highest BCUT2D eigenvalue weighted by atomic mass is 16.5. The van der Waals surface area contributed by atoms with Crippen LogP contribution in [-0.4, -0.2) is 43.2 Å². The maximum absolute atomic E-state index is 12.2. The van der Waals surface area contributed by atoms with Crippen molar-refractivity contribution in [3.8, 4) is 0 Å². The van der Waals surface area contributed by atoms with Gasteiger partial charge in [0.25, 0.3) is 0 Å². The average Bonchev–Trinajstić information content (AvgIpc) is 2.40. The Morgan fingerprint density at radius 3 is 2.67 bits per heavy atom. The molecule has 106 valence electrons. The SMILES string of the molecule is CCCOCC(=O)N(CC)C1CCCCC1CN. The lowest BCUT2D eigenvalue weighted by atomic mass is 9.83. The highest BCUT2D eigenvalue weighted by molar-refractivity contribution is 5.77. The molecular weight excluding hydrogens is 228 g/mol. The van der Waals surface area contributed by atoms with Gasteiger partial charge in [-0.1, -0.05) is 19.8 Å². The first-order valence-electron chi connectivity index (χ1n) is 7.31. The Balaban J connectivity index is 2.54. The Labute approximate surface area is 111 Å². The molecule has 1 rings (SSSR count). The molecular formula is C14H28N2O2. The maximum atomic E-state index is 12.2. The van der Waals surface area contributed by atoms with Gasteiger partial charge in [0.05, 0.1) is 0 Å². The highest BCUT2D eigenvalue weighted by Gasteiger charge is 2.31. The molecule has 4 heteroatoms. The summed E-state index contributed by atoms with van der Waals surface area (Å²) in [5.74, 6) is 0.588. The van der Waals surface area contributed by atoms with Crippen molar-refractivity contribution in [1.82, 2.24) is 4.90 Å². The van der Waals surface area contributed by atoms with Crippen molar-refractivity contribution in [2.75, 3.05) is 26.3 Å². The van der Waals surface area contributed by atoms with Crippen molar-refractivity contribution in [3.63, 3.8) is 0 Å². The van der Waals surface area contributed by atoms with E-state index in [9.17, 15) is 4.79 Å². The van der Waals surface area contributed by atoms with Crippen LogP contribution in [-0.2, 0) is 9.53 Å². The fraction of sp³-hybridized carbons (Fsp3) is 0.929. The molecule has 0 aromatic rings. The van der Waals surface area contributed by atoms with E-state index in [4.69, 9.17) is 10.5 Å². The van der Waals surface area contributed by atoms with E-state index in [1.54, 1.807) is 0 Å². The number of hydrogen-bond donors (Lipinski definition) is 1. The van der Waals surface area contributed by atoms with Crippen LogP contribution in [0, 0.1) is 5.92 Å². The predicted octanol–water partition coefficient (Wildman–Crippen LogP) is 1.78. The summed E-state index contributed by atoms with van der Waals surface area (Å²) in [6.45, 7) is 6.41. The molecule has 2 atom stereocenters. The number of carbonyl (C=O) groups excluding carboxylic acids is 1. The van der Waals surface area contributed by atoms with E-state index in [2.05, 4.69) is 0 Å². The molecule has 0 spiro atoms. The largest absolute Gasteiger partial charge is 0.372 e. The summed E-state index contributed by atoms with van der Waals surface area (Å²) in [5, 5.41) is 0. The van der Waals surface area contributed by atoms with E-state index in [0.717, 1.165) is 25.8 Å². The van der Waals surface area contributed by atoms with Gasteiger partial charge in [-0.05, 0) is 38.6 Å². The minimum atomic E-state index is 0.122. The second-order valence-electron chi connectivity index (χ2n) is 5.08. The quantitative estimate of drug-likeness (QED) is 0.706. The van der Waals surface area contributed by atoms with E-state index in [0.29, 0.717) is 25.1 Å². The standard InChI is InChI=1S/C14H28N2O2/c1-3-9-18-11-14(17)16(4-2)13-8-6-5-7-12(13)10-15/h12-13H,3-11,15H2,1-2H3. The molecule has 18 heavy (non-hydrogen) atoms.